The van der Waals surface area contributed by atoms with Crippen molar-refractivity contribution >= 4 is 17.8 Å². The second kappa shape index (κ2) is 3.05. The molecule has 0 radical (unpaired) electrons. The summed E-state index contributed by atoms with van der Waals surface area (Å²) in [6.07, 6.45) is 4.93. The number of imide groups is 2. The Balaban J connectivity index is 2.75. The molecule has 12 heavy (non-hydrogen) atoms. The Hall–Kier alpha value is -1.83. The number of rotatable bonds is 1. The molecule has 5 nitrogen and oxygen atoms in total. The molecule has 0 aromatic rings. The molecular weight excluding hydrogens is 160 g/mol. The van der Waals surface area contributed by atoms with Gasteiger partial charge >= 0.3 is 6.03 Å². The highest BCUT2D eigenvalue weighted by Gasteiger charge is 2.32. The van der Waals surface area contributed by atoms with E-state index in [0.29, 0.717) is 0 Å². The molecule has 0 aromatic carbocycles. The van der Waals surface area contributed by atoms with Crippen molar-refractivity contribution in [3.8, 4) is 12.3 Å². The van der Waals surface area contributed by atoms with Crippen LogP contribution in [0.25, 0.3) is 0 Å². The number of terminal acetylenes is 1. The van der Waals surface area contributed by atoms with Gasteiger partial charge in [0.1, 0.15) is 5.92 Å². The molecule has 0 unspecified atom stereocenters. The van der Waals surface area contributed by atoms with Crippen LogP contribution in [0, 0.1) is 18.3 Å². The first-order valence-electron chi connectivity index (χ1n) is 3.24. The van der Waals surface area contributed by atoms with Gasteiger partial charge in [-0.25, -0.2) is 4.79 Å². The average molecular weight is 166 g/mol. The molecule has 0 aliphatic carbocycles. The third-order valence-electron chi connectivity index (χ3n) is 1.43. The Morgan fingerprint density at radius 2 is 1.75 bits per heavy atom. The lowest BCUT2D eigenvalue weighted by Crippen LogP contribution is -2.55. The van der Waals surface area contributed by atoms with Crippen LogP contribution >= 0.6 is 0 Å². The van der Waals surface area contributed by atoms with Gasteiger partial charge < -0.3 is 0 Å². The van der Waals surface area contributed by atoms with Crippen molar-refractivity contribution in [2.75, 3.05) is 0 Å². The molecule has 0 bridgehead atoms. The summed E-state index contributed by atoms with van der Waals surface area (Å²) in [5.74, 6) is -0.0318. The fraction of sp³-hybridized carbons (Fsp3) is 0.286. The number of hydrogen-bond donors (Lipinski definition) is 2. The third-order valence-corrected chi connectivity index (χ3v) is 1.43. The standard InChI is InChI=1S/C7H6N2O3/c1-2-3-4-5(10)8-7(12)9-6(4)11/h1,4H,3H2,(H2,8,9,10,11,12). The fourth-order valence-corrected chi connectivity index (χ4v) is 0.852. The molecule has 0 saturated carbocycles. The first kappa shape index (κ1) is 8.27. The molecule has 5 heteroatoms. The summed E-state index contributed by atoms with van der Waals surface area (Å²) >= 11 is 0. The van der Waals surface area contributed by atoms with Crippen LogP contribution in [0.15, 0.2) is 0 Å². The maximum atomic E-state index is 10.9. The number of amides is 4. The van der Waals surface area contributed by atoms with E-state index in [9.17, 15) is 14.4 Å². The number of urea groups is 1. The fourth-order valence-electron chi connectivity index (χ4n) is 0.852. The van der Waals surface area contributed by atoms with Gasteiger partial charge in [0, 0.05) is 6.42 Å². The van der Waals surface area contributed by atoms with Gasteiger partial charge in [0.15, 0.2) is 0 Å². The molecule has 4 amide bonds. The molecule has 1 heterocycles. The van der Waals surface area contributed by atoms with Gasteiger partial charge in [-0.2, -0.15) is 0 Å². The van der Waals surface area contributed by atoms with E-state index in [1.54, 1.807) is 0 Å². The molecule has 1 saturated heterocycles. The van der Waals surface area contributed by atoms with Crippen LogP contribution in [-0.4, -0.2) is 17.8 Å². The van der Waals surface area contributed by atoms with Crippen molar-refractivity contribution in [2.45, 2.75) is 6.42 Å². The minimum Gasteiger partial charge on any atom is -0.277 e. The highest BCUT2D eigenvalue weighted by Crippen LogP contribution is 2.05. The zero-order valence-electron chi connectivity index (χ0n) is 6.09. The Morgan fingerprint density at radius 3 is 2.17 bits per heavy atom. The van der Waals surface area contributed by atoms with Crippen LogP contribution in [0.2, 0.25) is 0 Å². The first-order chi connectivity index (χ1) is 5.65. The predicted molar refractivity (Wildman–Crippen MR) is 38.6 cm³/mol. The van der Waals surface area contributed by atoms with E-state index >= 15 is 0 Å². The zero-order chi connectivity index (χ0) is 9.14. The van der Waals surface area contributed by atoms with Crippen LogP contribution < -0.4 is 10.6 Å². The molecule has 0 spiro atoms. The number of carbonyl (C=O) groups is 3. The monoisotopic (exact) mass is 166 g/mol. The molecule has 1 rings (SSSR count). The summed E-state index contributed by atoms with van der Waals surface area (Å²) in [6, 6.07) is -0.793. The van der Waals surface area contributed by atoms with Gasteiger partial charge in [-0.15, -0.1) is 12.3 Å². The number of hydrogen-bond acceptors (Lipinski definition) is 3. The molecular formula is C7H6N2O3. The second-order valence-corrected chi connectivity index (χ2v) is 2.27. The molecule has 1 aliphatic heterocycles. The largest absolute Gasteiger partial charge is 0.328 e. The molecule has 0 atom stereocenters. The van der Waals surface area contributed by atoms with E-state index in [1.807, 2.05) is 10.6 Å². The second-order valence-electron chi connectivity index (χ2n) is 2.27. The lowest BCUT2D eigenvalue weighted by Gasteiger charge is -2.18. The summed E-state index contributed by atoms with van der Waals surface area (Å²) in [4.78, 5) is 32.4. The number of nitrogens with one attached hydrogen (secondary N) is 2. The maximum absolute atomic E-state index is 10.9. The van der Waals surface area contributed by atoms with Crippen molar-refractivity contribution in [2.24, 2.45) is 5.92 Å². The van der Waals surface area contributed by atoms with E-state index in [2.05, 4.69) is 5.92 Å². The predicted octanol–water partition coefficient (Wildman–Crippen LogP) is -1.01. The molecule has 2 N–H and O–H groups in total. The lowest BCUT2D eigenvalue weighted by molar-refractivity contribution is -0.135. The summed E-state index contributed by atoms with van der Waals surface area (Å²) in [5, 5.41) is 3.88. The van der Waals surface area contributed by atoms with Crippen molar-refractivity contribution in [3.63, 3.8) is 0 Å². The summed E-state index contributed by atoms with van der Waals surface area (Å²) in [6.45, 7) is 0. The van der Waals surface area contributed by atoms with E-state index in [-0.39, 0.29) is 6.42 Å². The van der Waals surface area contributed by atoms with E-state index < -0.39 is 23.8 Å². The zero-order valence-corrected chi connectivity index (χ0v) is 6.09. The summed E-state index contributed by atoms with van der Waals surface area (Å²) in [5.41, 5.74) is 0. The lowest BCUT2D eigenvalue weighted by atomic mass is 10.0. The molecule has 0 aromatic heterocycles. The maximum Gasteiger partial charge on any atom is 0.328 e. The SMILES string of the molecule is C#CCC1C(=O)NC(=O)NC1=O. The van der Waals surface area contributed by atoms with E-state index in [1.165, 1.54) is 0 Å². The Kier molecular flexibility index (Phi) is 2.10. The van der Waals surface area contributed by atoms with Gasteiger partial charge in [0.2, 0.25) is 11.8 Å². The van der Waals surface area contributed by atoms with Crippen molar-refractivity contribution < 1.29 is 14.4 Å². The Labute approximate surface area is 68.5 Å². The average Bonchev–Trinajstić information content (AvgIpc) is 1.96. The van der Waals surface area contributed by atoms with Crippen LogP contribution in [-0.2, 0) is 9.59 Å². The van der Waals surface area contributed by atoms with Gasteiger partial charge in [-0.05, 0) is 0 Å². The van der Waals surface area contributed by atoms with Crippen molar-refractivity contribution in [3.05, 3.63) is 0 Å². The smallest absolute Gasteiger partial charge is 0.277 e. The third kappa shape index (κ3) is 1.42. The van der Waals surface area contributed by atoms with Gasteiger partial charge in [0.25, 0.3) is 0 Å². The Morgan fingerprint density at radius 1 is 1.25 bits per heavy atom. The number of carbonyl (C=O) groups excluding carboxylic acids is 3. The van der Waals surface area contributed by atoms with Crippen molar-refractivity contribution in [1.29, 1.82) is 0 Å². The first-order valence-corrected chi connectivity index (χ1v) is 3.24. The number of barbiturate groups is 1. The normalized spacial score (nSPS) is 18.1. The minimum absolute atomic E-state index is 0.00491. The quantitative estimate of drug-likeness (QED) is 0.387. The van der Waals surface area contributed by atoms with Gasteiger partial charge in [-0.3, -0.25) is 20.2 Å². The highest BCUT2D eigenvalue weighted by molar-refractivity contribution is 6.16. The van der Waals surface area contributed by atoms with Crippen LogP contribution in [0.4, 0.5) is 4.79 Å². The van der Waals surface area contributed by atoms with Crippen molar-refractivity contribution in [1.82, 2.24) is 10.6 Å². The van der Waals surface area contributed by atoms with Crippen LogP contribution in [0.5, 0.6) is 0 Å². The molecule has 1 fully saturated rings. The molecule has 1 aliphatic rings. The summed E-state index contributed by atoms with van der Waals surface area (Å²) < 4.78 is 0. The van der Waals surface area contributed by atoms with E-state index in [4.69, 9.17) is 6.42 Å². The highest BCUT2D eigenvalue weighted by atomic mass is 16.2. The Bertz CT molecular complexity index is 270. The molecule has 62 valence electrons. The van der Waals surface area contributed by atoms with Crippen LogP contribution in [0.3, 0.4) is 0 Å². The van der Waals surface area contributed by atoms with E-state index in [0.717, 1.165) is 0 Å². The van der Waals surface area contributed by atoms with Gasteiger partial charge in [0.05, 0.1) is 0 Å². The summed E-state index contributed by atoms with van der Waals surface area (Å²) in [7, 11) is 0. The topological polar surface area (TPSA) is 75.3 Å². The van der Waals surface area contributed by atoms with Crippen LogP contribution in [0.1, 0.15) is 6.42 Å². The van der Waals surface area contributed by atoms with Gasteiger partial charge in [-0.1, -0.05) is 0 Å². The minimum atomic E-state index is -0.937.